The van der Waals surface area contributed by atoms with Crippen LogP contribution in [0.25, 0.3) is 0 Å². The summed E-state index contributed by atoms with van der Waals surface area (Å²) in [6.07, 6.45) is 1.96. The second kappa shape index (κ2) is 3.21. The average molecular weight is 190 g/mol. The second-order valence-corrected chi connectivity index (χ2v) is 3.38. The van der Waals surface area contributed by atoms with Crippen LogP contribution in [-0.2, 0) is 6.42 Å². The third kappa shape index (κ3) is 1.28. The van der Waals surface area contributed by atoms with Crippen molar-refractivity contribution >= 4 is 17.3 Å². The molecule has 1 aromatic carbocycles. The van der Waals surface area contributed by atoms with Crippen molar-refractivity contribution in [3.05, 3.63) is 23.3 Å². The van der Waals surface area contributed by atoms with Crippen molar-refractivity contribution in [1.82, 2.24) is 5.43 Å². The van der Waals surface area contributed by atoms with E-state index in [0.717, 1.165) is 24.1 Å². The molecule has 14 heavy (non-hydrogen) atoms. The summed E-state index contributed by atoms with van der Waals surface area (Å²) in [5.74, 6) is -0.241. The zero-order valence-corrected chi connectivity index (χ0v) is 8.00. The molecular formula is C10H12N3O. The van der Waals surface area contributed by atoms with Crippen molar-refractivity contribution in [3.8, 4) is 0 Å². The molecule has 0 saturated heterocycles. The van der Waals surface area contributed by atoms with Gasteiger partial charge in [0.25, 0.3) is 5.91 Å². The van der Waals surface area contributed by atoms with E-state index in [1.165, 1.54) is 0 Å². The number of nitrogens with two attached hydrogens (primary N) is 1. The first-order valence-corrected chi connectivity index (χ1v) is 4.66. The molecule has 4 heteroatoms. The van der Waals surface area contributed by atoms with Crippen LogP contribution in [0.2, 0.25) is 0 Å². The summed E-state index contributed by atoms with van der Waals surface area (Å²) < 4.78 is 0. The Morgan fingerprint density at radius 1 is 1.50 bits per heavy atom. The van der Waals surface area contributed by atoms with E-state index in [1.807, 2.05) is 6.07 Å². The summed E-state index contributed by atoms with van der Waals surface area (Å²) in [6.45, 7) is 2.09. The van der Waals surface area contributed by atoms with Gasteiger partial charge in [0.1, 0.15) is 0 Å². The first kappa shape index (κ1) is 8.87. The lowest BCUT2D eigenvalue weighted by Gasteiger charge is -2.05. The third-order valence-corrected chi connectivity index (χ3v) is 2.31. The normalized spacial score (nSPS) is 13.4. The highest BCUT2D eigenvalue weighted by Gasteiger charge is 2.21. The van der Waals surface area contributed by atoms with Gasteiger partial charge >= 0.3 is 0 Å². The van der Waals surface area contributed by atoms with Crippen LogP contribution in [0.1, 0.15) is 29.3 Å². The molecule has 2 rings (SSSR count). The Hall–Kier alpha value is -1.71. The Labute approximate surface area is 82.5 Å². The van der Waals surface area contributed by atoms with Gasteiger partial charge in [0.05, 0.1) is 11.3 Å². The highest BCUT2D eigenvalue weighted by molar-refractivity contribution is 6.04. The first-order valence-electron chi connectivity index (χ1n) is 4.66. The molecule has 1 aliphatic heterocycles. The molecule has 0 aliphatic carbocycles. The number of benzene rings is 1. The molecule has 1 aliphatic rings. The fraction of sp³-hybridized carbons (Fsp3) is 0.300. The number of rotatable bonds is 2. The van der Waals surface area contributed by atoms with Crippen molar-refractivity contribution in [3.63, 3.8) is 0 Å². The fourth-order valence-corrected chi connectivity index (χ4v) is 1.59. The van der Waals surface area contributed by atoms with Gasteiger partial charge in [0.2, 0.25) is 0 Å². The van der Waals surface area contributed by atoms with E-state index in [2.05, 4.69) is 17.8 Å². The minimum atomic E-state index is -0.241. The summed E-state index contributed by atoms with van der Waals surface area (Å²) >= 11 is 0. The van der Waals surface area contributed by atoms with E-state index in [9.17, 15) is 4.79 Å². The monoisotopic (exact) mass is 190 g/mol. The van der Waals surface area contributed by atoms with Crippen molar-refractivity contribution < 1.29 is 4.79 Å². The van der Waals surface area contributed by atoms with Crippen LogP contribution in [0, 0.1) is 0 Å². The molecular weight excluding hydrogens is 178 g/mol. The number of amides is 1. The predicted octanol–water partition coefficient (Wildman–Crippen LogP) is 1.31. The molecule has 3 N–H and O–H groups in total. The van der Waals surface area contributed by atoms with Crippen LogP contribution in [0.15, 0.2) is 12.1 Å². The number of hydrogen-bond acceptors (Lipinski definition) is 3. The molecule has 0 aromatic heterocycles. The average Bonchev–Trinajstić information content (AvgIpc) is 2.50. The lowest BCUT2D eigenvalue weighted by Crippen LogP contribution is -2.10. The molecule has 0 spiro atoms. The molecule has 1 heterocycles. The maximum atomic E-state index is 11.2. The number of nitrogens with zero attached hydrogens (tertiary/aromatic N) is 1. The van der Waals surface area contributed by atoms with Crippen LogP contribution in [-0.4, -0.2) is 5.91 Å². The molecule has 1 aromatic rings. The minimum absolute atomic E-state index is 0.241. The van der Waals surface area contributed by atoms with E-state index >= 15 is 0 Å². The minimum Gasteiger partial charge on any atom is -0.398 e. The van der Waals surface area contributed by atoms with Gasteiger partial charge in [-0.05, 0) is 24.1 Å². The molecule has 73 valence electrons. The van der Waals surface area contributed by atoms with Gasteiger partial charge < -0.3 is 5.73 Å². The Morgan fingerprint density at radius 3 is 3.00 bits per heavy atom. The quantitative estimate of drug-likeness (QED) is 0.691. The Morgan fingerprint density at radius 2 is 2.29 bits per heavy atom. The van der Waals surface area contributed by atoms with Crippen LogP contribution >= 0.6 is 0 Å². The number of fused-ring (bicyclic) bond motifs is 1. The molecule has 1 radical (unpaired) electrons. The van der Waals surface area contributed by atoms with Gasteiger partial charge in [0, 0.05) is 5.69 Å². The smallest absolute Gasteiger partial charge is 0.295 e. The van der Waals surface area contributed by atoms with E-state index in [1.54, 1.807) is 6.07 Å². The third-order valence-electron chi connectivity index (χ3n) is 2.31. The summed E-state index contributed by atoms with van der Waals surface area (Å²) in [5.41, 5.74) is 15.2. The number of aryl methyl sites for hydroxylation is 1. The van der Waals surface area contributed by atoms with Gasteiger partial charge in [0.15, 0.2) is 0 Å². The summed E-state index contributed by atoms with van der Waals surface area (Å²) in [7, 11) is 0. The fourth-order valence-electron chi connectivity index (χ4n) is 1.59. The molecule has 0 saturated carbocycles. The molecule has 0 unspecified atom stereocenters. The summed E-state index contributed by atoms with van der Waals surface area (Å²) in [4.78, 5) is 11.2. The number of anilines is 2. The van der Waals surface area contributed by atoms with Gasteiger partial charge in [-0.15, -0.1) is 5.43 Å². The van der Waals surface area contributed by atoms with E-state index in [4.69, 9.17) is 5.73 Å². The van der Waals surface area contributed by atoms with Gasteiger partial charge in [-0.1, -0.05) is 13.3 Å². The Bertz CT molecular complexity index is 387. The summed E-state index contributed by atoms with van der Waals surface area (Å²) in [6, 6.07) is 3.61. The maximum Gasteiger partial charge on any atom is 0.295 e. The van der Waals surface area contributed by atoms with Crippen molar-refractivity contribution in [2.75, 3.05) is 11.2 Å². The molecule has 1 amide bonds. The predicted molar refractivity (Wildman–Crippen MR) is 54.9 cm³/mol. The Kier molecular flexibility index (Phi) is 2.04. The number of carbonyl (C=O) groups excluding carboxylic acids is 1. The van der Waals surface area contributed by atoms with Gasteiger partial charge in [-0.2, -0.15) is 0 Å². The van der Waals surface area contributed by atoms with Gasteiger partial charge in [-0.3, -0.25) is 10.2 Å². The number of carbonyl (C=O) groups is 1. The standard InChI is InChI=1S/C10H12N3O/c1-2-3-6-4-9-7(5-8(6)11)10(14)13-12-9/h4-5,12H,2-3,11H2,1H3. The maximum absolute atomic E-state index is 11.2. The van der Waals surface area contributed by atoms with Crippen molar-refractivity contribution in [2.24, 2.45) is 0 Å². The first-order chi connectivity index (χ1) is 6.72. The van der Waals surface area contributed by atoms with Crippen LogP contribution < -0.4 is 16.6 Å². The van der Waals surface area contributed by atoms with Crippen LogP contribution in [0.5, 0.6) is 0 Å². The van der Waals surface area contributed by atoms with Gasteiger partial charge in [-0.25, -0.2) is 0 Å². The molecule has 0 fully saturated rings. The van der Waals surface area contributed by atoms with Crippen LogP contribution in [0.3, 0.4) is 0 Å². The summed E-state index contributed by atoms with van der Waals surface area (Å²) in [5, 5.41) is 0. The second-order valence-electron chi connectivity index (χ2n) is 3.38. The topological polar surface area (TPSA) is 69.2 Å². The molecule has 0 atom stereocenters. The zero-order valence-electron chi connectivity index (χ0n) is 8.00. The number of nitrogen functional groups attached to an aromatic ring is 1. The molecule has 4 nitrogen and oxygen atoms in total. The largest absolute Gasteiger partial charge is 0.398 e. The van der Waals surface area contributed by atoms with E-state index in [-0.39, 0.29) is 5.91 Å². The lowest BCUT2D eigenvalue weighted by atomic mass is 10.0. The van der Waals surface area contributed by atoms with E-state index < -0.39 is 0 Å². The number of hydrogen-bond donors (Lipinski definition) is 2. The van der Waals surface area contributed by atoms with E-state index in [0.29, 0.717) is 11.3 Å². The molecule has 0 bridgehead atoms. The number of nitrogens with one attached hydrogen (secondary N) is 1. The lowest BCUT2D eigenvalue weighted by molar-refractivity contribution is 0.0969. The SMILES string of the molecule is CCCc1cc2c(cc1N)C(=O)[N]N2. The zero-order chi connectivity index (χ0) is 10.1. The van der Waals surface area contributed by atoms with Crippen molar-refractivity contribution in [2.45, 2.75) is 19.8 Å². The Balaban J connectivity index is 2.44. The van der Waals surface area contributed by atoms with Crippen LogP contribution in [0.4, 0.5) is 11.4 Å². The highest BCUT2D eigenvalue weighted by atomic mass is 16.2. The highest BCUT2D eigenvalue weighted by Crippen LogP contribution is 2.27. The van der Waals surface area contributed by atoms with Crippen molar-refractivity contribution in [1.29, 1.82) is 0 Å².